The standard InChI is InChI=1S/C25H36N4O3/c1-4-18(15-24(30)31)19-12-13-23(29(5-2)21-10-8-7-9-11-21)22(14-19)28-20-16-26-25(27-17-20)32-6-3/h12-14,16-18,21,28H,4-11,15H2,1-3H3,(H,30,31)/t18-/m1/s1. The molecule has 174 valence electrons. The van der Waals surface area contributed by atoms with Gasteiger partial charge in [0.25, 0.3) is 0 Å². The van der Waals surface area contributed by atoms with Gasteiger partial charge >= 0.3 is 12.0 Å². The van der Waals surface area contributed by atoms with Crippen LogP contribution in [0.5, 0.6) is 6.01 Å². The topological polar surface area (TPSA) is 87.6 Å². The van der Waals surface area contributed by atoms with Crippen molar-refractivity contribution in [3.05, 3.63) is 36.2 Å². The highest BCUT2D eigenvalue weighted by atomic mass is 16.5. The smallest absolute Gasteiger partial charge is 0.316 e. The molecule has 0 bridgehead atoms. The Bertz CT molecular complexity index is 866. The summed E-state index contributed by atoms with van der Waals surface area (Å²) in [5, 5.41) is 12.8. The summed E-state index contributed by atoms with van der Waals surface area (Å²) >= 11 is 0. The van der Waals surface area contributed by atoms with Gasteiger partial charge in [0.05, 0.1) is 42.5 Å². The summed E-state index contributed by atoms with van der Waals surface area (Å²) in [6, 6.07) is 7.23. The molecule has 1 heterocycles. The first-order valence-electron chi connectivity index (χ1n) is 11.9. The summed E-state index contributed by atoms with van der Waals surface area (Å²) in [6.45, 7) is 7.58. The minimum Gasteiger partial charge on any atom is -0.481 e. The number of nitrogens with one attached hydrogen (secondary N) is 1. The van der Waals surface area contributed by atoms with Crippen molar-refractivity contribution >= 4 is 23.0 Å². The summed E-state index contributed by atoms with van der Waals surface area (Å²) in [5.41, 5.74) is 3.92. The highest BCUT2D eigenvalue weighted by molar-refractivity contribution is 5.77. The van der Waals surface area contributed by atoms with Crippen LogP contribution in [0.2, 0.25) is 0 Å². The minimum absolute atomic E-state index is 0.0246. The van der Waals surface area contributed by atoms with Crippen molar-refractivity contribution in [2.45, 2.75) is 77.7 Å². The summed E-state index contributed by atoms with van der Waals surface area (Å²) < 4.78 is 5.36. The molecule has 2 aromatic rings. The molecule has 1 aliphatic rings. The third-order valence-electron chi connectivity index (χ3n) is 6.25. The van der Waals surface area contributed by atoms with Gasteiger partial charge in [0.15, 0.2) is 0 Å². The van der Waals surface area contributed by atoms with Crippen LogP contribution < -0.4 is 15.0 Å². The van der Waals surface area contributed by atoms with Crippen LogP contribution in [0.3, 0.4) is 0 Å². The second-order valence-corrected chi connectivity index (χ2v) is 8.37. The molecule has 0 saturated heterocycles. The molecule has 32 heavy (non-hydrogen) atoms. The minimum atomic E-state index is -0.771. The van der Waals surface area contributed by atoms with Crippen LogP contribution in [0.15, 0.2) is 30.6 Å². The summed E-state index contributed by atoms with van der Waals surface area (Å²) in [6.07, 6.45) is 10.6. The van der Waals surface area contributed by atoms with Crippen molar-refractivity contribution in [1.82, 2.24) is 9.97 Å². The molecule has 1 aromatic heterocycles. The molecule has 1 fully saturated rings. The molecule has 1 aromatic carbocycles. The van der Waals surface area contributed by atoms with Crippen molar-refractivity contribution in [3.63, 3.8) is 0 Å². The van der Waals surface area contributed by atoms with Gasteiger partial charge in [0.1, 0.15) is 0 Å². The normalized spacial score (nSPS) is 15.2. The largest absolute Gasteiger partial charge is 0.481 e. The fourth-order valence-electron chi connectivity index (χ4n) is 4.62. The number of ether oxygens (including phenoxy) is 1. The number of nitrogens with zero attached hydrogens (tertiary/aromatic N) is 3. The Balaban J connectivity index is 1.96. The first-order valence-corrected chi connectivity index (χ1v) is 11.9. The van der Waals surface area contributed by atoms with Crippen LogP contribution in [0.4, 0.5) is 17.1 Å². The number of benzene rings is 1. The fourth-order valence-corrected chi connectivity index (χ4v) is 4.62. The van der Waals surface area contributed by atoms with Gasteiger partial charge in [-0.3, -0.25) is 4.79 Å². The van der Waals surface area contributed by atoms with E-state index in [1.54, 1.807) is 12.4 Å². The maximum atomic E-state index is 11.4. The lowest BCUT2D eigenvalue weighted by Crippen LogP contribution is -2.37. The Labute approximate surface area is 191 Å². The second kappa shape index (κ2) is 11.7. The maximum Gasteiger partial charge on any atom is 0.316 e. The number of carboxylic acid groups (broad SMARTS) is 1. The van der Waals surface area contributed by atoms with E-state index in [1.807, 2.05) is 13.8 Å². The zero-order valence-corrected chi connectivity index (χ0v) is 19.5. The van der Waals surface area contributed by atoms with E-state index >= 15 is 0 Å². The van der Waals surface area contributed by atoms with Crippen molar-refractivity contribution in [1.29, 1.82) is 0 Å². The third kappa shape index (κ3) is 6.11. The van der Waals surface area contributed by atoms with Crippen LogP contribution >= 0.6 is 0 Å². The molecule has 1 atom stereocenters. The van der Waals surface area contributed by atoms with Gasteiger partial charge < -0.3 is 20.1 Å². The van der Waals surface area contributed by atoms with E-state index in [-0.39, 0.29) is 12.3 Å². The highest BCUT2D eigenvalue weighted by Crippen LogP contribution is 2.37. The number of anilines is 3. The zero-order valence-electron chi connectivity index (χ0n) is 19.5. The van der Waals surface area contributed by atoms with Crippen molar-refractivity contribution in [2.24, 2.45) is 0 Å². The van der Waals surface area contributed by atoms with Crippen molar-refractivity contribution in [2.75, 3.05) is 23.4 Å². The van der Waals surface area contributed by atoms with E-state index in [9.17, 15) is 9.90 Å². The molecule has 7 heteroatoms. The second-order valence-electron chi connectivity index (χ2n) is 8.37. The number of hydrogen-bond donors (Lipinski definition) is 2. The van der Waals surface area contributed by atoms with Gasteiger partial charge in [0.2, 0.25) is 0 Å². The number of carboxylic acids is 1. The number of aromatic nitrogens is 2. The van der Waals surface area contributed by atoms with Crippen LogP contribution in [-0.2, 0) is 4.79 Å². The highest BCUT2D eigenvalue weighted by Gasteiger charge is 2.24. The lowest BCUT2D eigenvalue weighted by Gasteiger charge is -2.37. The van der Waals surface area contributed by atoms with Crippen LogP contribution in [0, 0.1) is 0 Å². The Morgan fingerprint density at radius 2 is 1.91 bits per heavy atom. The first kappa shape index (κ1) is 23.8. The van der Waals surface area contributed by atoms with Gasteiger partial charge in [-0.25, -0.2) is 9.97 Å². The molecule has 3 rings (SSSR count). The molecule has 0 spiro atoms. The predicted octanol–water partition coefficient (Wildman–Crippen LogP) is 5.75. The van der Waals surface area contributed by atoms with E-state index in [0.717, 1.165) is 35.6 Å². The molecule has 0 radical (unpaired) electrons. The quantitative estimate of drug-likeness (QED) is 0.460. The maximum absolute atomic E-state index is 11.4. The molecule has 0 unspecified atom stereocenters. The van der Waals surface area contributed by atoms with Crippen molar-refractivity contribution in [3.8, 4) is 6.01 Å². The molecular formula is C25H36N4O3. The lowest BCUT2D eigenvalue weighted by molar-refractivity contribution is -0.137. The Kier molecular flexibility index (Phi) is 8.71. The van der Waals surface area contributed by atoms with Crippen LogP contribution in [0.1, 0.15) is 77.2 Å². The predicted molar refractivity (Wildman–Crippen MR) is 128 cm³/mol. The number of hydrogen-bond acceptors (Lipinski definition) is 6. The lowest BCUT2D eigenvalue weighted by atomic mass is 9.91. The number of carbonyl (C=O) groups is 1. The number of aliphatic carboxylic acids is 1. The average Bonchev–Trinajstić information content (AvgIpc) is 2.81. The van der Waals surface area contributed by atoms with E-state index < -0.39 is 5.97 Å². The van der Waals surface area contributed by atoms with Gasteiger partial charge in [-0.2, -0.15) is 0 Å². The molecular weight excluding hydrogens is 404 g/mol. The molecule has 0 aliphatic heterocycles. The van der Waals surface area contributed by atoms with E-state index in [4.69, 9.17) is 4.74 Å². The van der Waals surface area contributed by atoms with Crippen molar-refractivity contribution < 1.29 is 14.6 Å². The van der Waals surface area contributed by atoms with Gasteiger partial charge in [-0.05, 0) is 56.7 Å². The first-order chi connectivity index (χ1) is 15.5. The van der Waals surface area contributed by atoms with E-state index in [2.05, 4.69) is 45.3 Å². The zero-order chi connectivity index (χ0) is 22.9. The van der Waals surface area contributed by atoms with E-state index in [0.29, 0.717) is 18.7 Å². The molecule has 1 aliphatic carbocycles. The summed E-state index contributed by atoms with van der Waals surface area (Å²) in [7, 11) is 0. The Morgan fingerprint density at radius 3 is 2.50 bits per heavy atom. The molecule has 2 N–H and O–H groups in total. The monoisotopic (exact) mass is 440 g/mol. The van der Waals surface area contributed by atoms with Gasteiger partial charge in [0, 0.05) is 12.6 Å². The SMILES string of the molecule is CCOc1ncc(Nc2cc([C@H](CC)CC(=O)O)ccc2N(CC)C2CCCCC2)cn1. The molecule has 1 saturated carbocycles. The van der Waals surface area contributed by atoms with Crippen LogP contribution in [0.25, 0.3) is 0 Å². The Hall–Kier alpha value is -2.83. The third-order valence-corrected chi connectivity index (χ3v) is 6.25. The average molecular weight is 441 g/mol. The van der Waals surface area contributed by atoms with E-state index in [1.165, 1.54) is 32.1 Å². The molecule has 7 nitrogen and oxygen atoms in total. The summed E-state index contributed by atoms with van der Waals surface area (Å²) in [5.74, 6) is -0.795. The van der Waals surface area contributed by atoms with Gasteiger partial charge in [-0.1, -0.05) is 32.3 Å². The Morgan fingerprint density at radius 1 is 1.19 bits per heavy atom. The molecule has 0 amide bonds. The van der Waals surface area contributed by atoms with Gasteiger partial charge in [-0.15, -0.1) is 0 Å². The fraction of sp³-hybridized carbons (Fsp3) is 0.560. The summed E-state index contributed by atoms with van der Waals surface area (Å²) in [4.78, 5) is 22.4. The number of rotatable bonds is 11. The van der Waals surface area contributed by atoms with Crippen LogP contribution in [-0.4, -0.2) is 40.2 Å².